The van der Waals surface area contributed by atoms with Gasteiger partial charge in [-0.05, 0) is 31.4 Å². The number of ether oxygens (including phenoxy) is 1. The van der Waals surface area contributed by atoms with Gasteiger partial charge in [0.2, 0.25) is 0 Å². The Bertz CT molecular complexity index is 635. The molecule has 0 atom stereocenters. The molecule has 1 aromatic heterocycles. The van der Waals surface area contributed by atoms with E-state index in [0.717, 1.165) is 22.5 Å². The maximum atomic E-state index is 11.6. The van der Waals surface area contributed by atoms with Gasteiger partial charge in [-0.3, -0.25) is 0 Å². The minimum absolute atomic E-state index is 0.381. The molecular formula is C15H18N2O2S. The molecule has 1 aromatic carbocycles. The number of thiazole rings is 1. The SMILES string of the molecule is CCc1cccc(C)c1Nc1nc(C(=O)OC)c(C)s1. The third kappa shape index (κ3) is 2.82. The number of benzene rings is 1. The Morgan fingerprint density at radius 1 is 1.40 bits per heavy atom. The zero-order valence-corrected chi connectivity index (χ0v) is 12.9. The fraction of sp³-hybridized carbons (Fsp3) is 0.333. The fourth-order valence-electron chi connectivity index (χ4n) is 2.04. The van der Waals surface area contributed by atoms with Crippen LogP contribution in [0.4, 0.5) is 10.8 Å². The number of rotatable bonds is 4. The van der Waals surface area contributed by atoms with Gasteiger partial charge in [-0.2, -0.15) is 0 Å². The number of esters is 1. The van der Waals surface area contributed by atoms with Crippen molar-refractivity contribution < 1.29 is 9.53 Å². The molecule has 4 nitrogen and oxygen atoms in total. The van der Waals surface area contributed by atoms with Gasteiger partial charge in [-0.15, -0.1) is 11.3 Å². The van der Waals surface area contributed by atoms with E-state index in [9.17, 15) is 4.79 Å². The molecule has 0 bridgehead atoms. The molecule has 1 heterocycles. The van der Waals surface area contributed by atoms with Crippen molar-refractivity contribution in [2.75, 3.05) is 12.4 Å². The molecule has 0 amide bonds. The number of methoxy groups -OCH3 is 1. The fourth-order valence-corrected chi connectivity index (χ4v) is 2.85. The van der Waals surface area contributed by atoms with Crippen molar-refractivity contribution in [1.29, 1.82) is 0 Å². The largest absolute Gasteiger partial charge is 0.464 e. The van der Waals surface area contributed by atoms with Gasteiger partial charge in [-0.1, -0.05) is 25.1 Å². The van der Waals surface area contributed by atoms with Crippen molar-refractivity contribution in [1.82, 2.24) is 4.98 Å². The number of aryl methyl sites for hydroxylation is 3. The lowest BCUT2D eigenvalue weighted by Gasteiger charge is -2.11. The molecule has 2 rings (SSSR count). The first kappa shape index (κ1) is 14.5. The second kappa shape index (κ2) is 6.05. The highest BCUT2D eigenvalue weighted by atomic mass is 32.1. The Morgan fingerprint density at radius 3 is 2.80 bits per heavy atom. The number of anilines is 2. The Morgan fingerprint density at radius 2 is 2.15 bits per heavy atom. The molecule has 0 radical (unpaired) electrons. The average Bonchev–Trinajstić information content (AvgIpc) is 2.81. The van der Waals surface area contributed by atoms with Gasteiger partial charge in [0.15, 0.2) is 10.8 Å². The molecule has 0 saturated heterocycles. The summed E-state index contributed by atoms with van der Waals surface area (Å²) in [4.78, 5) is 16.8. The molecule has 0 aliphatic rings. The van der Waals surface area contributed by atoms with Crippen LogP contribution in [0.25, 0.3) is 0 Å². The quantitative estimate of drug-likeness (QED) is 0.869. The third-order valence-electron chi connectivity index (χ3n) is 3.15. The van der Waals surface area contributed by atoms with Crippen molar-refractivity contribution >= 4 is 28.1 Å². The molecule has 2 aromatic rings. The number of nitrogens with one attached hydrogen (secondary N) is 1. The van der Waals surface area contributed by atoms with Crippen molar-refractivity contribution in [3.63, 3.8) is 0 Å². The van der Waals surface area contributed by atoms with E-state index in [0.29, 0.717) is 10.8 Å². The maximum absolute atomic E-state index is 11.6. The zero-order chi connectivity index (χ0) is 14.7. The van der Waals surface area contributed by atoms with Crippen LogP contribution in [0.1, 0.15) is 33.4 Å². The van der Waals surface area contributed by atoms with Crippen molar-refractivity contribution in [3.05, 3.63) is 39.9 Å². The monoisotopic (exact) mass is 290 g/mol. The highest BCUT2D eigenvalue weighted by molar-refractivity contribution is 7.15. The van der Waals surface area contributed by atoms with E-state index < -0.39 is 5.97 Å². The van der Waals surface area contributed by atoms with E-state index in [-0.39, 0.29) is 0 Å². The maximum Gasteiger partial charge on any atom is 0.357 e. The van der Waals surface area contributed by atoms with Crippen molar-refractivity contribution in [2.24, 2.45) is 0 Å². The van der Waals surface area contributed by atoms with Gasteiger partial charge in [0, 0.05) is 10.6 Å². The van der Waals surface area contributed by atoms with Crippen LogP contribution in [0.5, 0.6) is 0 Å². The molecule has 5 heteroatoms. The minimum Gasteiger partial charge on any atom is -0.464 e. The van der Waals surface area contributed by atoms with Crippen LogP contribution in [0.3, 0.4) is 0 Å². The Balaban J connectivity index is 2.34. The van der Waals surface area contributed by atoms with Crippen LogP contribution in [-0.2, 0) is 11.2 Å². The smallest absolute Gasteiger partial charge is 0.357 e. The second-order valence-corrected chi connectivity index (χ2v) is 5.71. The van der Waals surface area contributed by atoms with Crippen molar-refractivity contribution in [3.8, 4) is 0 Å². The summed E-state index contributed by atoms with van der Waals surface area (Å²) in [6, 6.07) is 6.20. The predicted molar refractivity (Wildman–Crippen MR) is 82.0 cm³/mol. The second-order valence-electron chi connectivity index (χ2n) is 4.50. The Kier molecular flexibility index (Phi) is 4.39. The summed E-state index contributed by atoms with van der Waals surface area (Å²) >= 11 is 1.46. The predicted octanol–water partition coefficient (Wildman–Crippen LogP) is 3.85. The van der Waals surface area contributed by atoms with E-state index in [1.165, 1.54) is 24.0 Å². The van der Waals surface area contributed by atoms with Crippen LogP contribution in [0.2, 0.25) is 0 Å². The first-order valence-electron chi connectivity index (χ1n) is 6.48. The highest BCUT2D eigenvalue weighted by Gasteiger charge is 2.16. The molecule has 0 saturated carbocycles. The minimum atomic E-state index is -0.396. The Hall–Kier alpha value is -1.88. The first-order chi connectivity index (χ1) is 9.56. The average molecular weight is 290 g/mol. The molecule has 20 heavy (non-hydrogen) atoms. The lowest BCUT2D eigenvalue weighted by Crippen LogP contribution is -2.04. The standard InChI is InChI=1S/C15H18N2O2S/c1-5-11-8-6-7-9(2)12(11)16-15-17-13(10(3)20-15)14(18)19-4/h6-8H,5H2,1-4H3,(H,16,17). The van der Waals surface area contributed by atoms with Gasteiger partial charge in [-0.25, -0.2) is 9.78 Å². The molecule has 0 fully saturated rings. The highest BCUT2D eigenvalue weighted by Crippen LogP contribution is 2.29. The van der Waals surface area contributed by atoms with Gasteiger partial charge < -0.3 is 10.1 Å². The normalized spacial score (nSPS) is 10.4. The van der Waals surface area contributed by atoms with Crippen LogP contribution in [-0.4, -0.2) is 18.1 Å². The van der Waals surface area contributed by atoms with Crippen LogP contribution < -0.4 is 5.32 Å². The number of para-hydroxylation sites is 1. The van der Waals surface area contributed by atoms with E-state index in [4.69, 9.17) is 4.74 Å². The number of carbonyl (C=O) groups excluding carboxylic acids is 1. The van der Waals surface area contributed by atoms with E-state index in [1.807, 2.05) is 13.0 Å². The van der Waals surface area contributed by atoms with Gasteiger partial charge in [0.25, 0.3) is 0 Å². The Labute approximate surface area is 122 Å². The molecule has 0 aliphatic heterocycles. The first-order valence-corrected chi connectivity index (χ1v) is 7.29. The number of carbonyl (C=O) groups is 1. The number of aromatic nitrogens is 1. The molecule has 106 valence electrons. The topological polar surface area (TPSA) is 51.2 Å². The summed E-state index contributed by atoms with van der Waals surface area (Å²) in [5.41, 5.74) is 3.85. The number of nitrogens with zero attached hydrogens (tertiary/aromatic N) is 1. The summed E-state index contributed by atoms with van der Waals surface area (Å²) in [6.07, 6.45) is 0.943. The van der Waals surface area contributed by atoms with Gasteiger partial charge in [0.05, 0.1) is 7.11 Å². The lowest BCUT2D eigenvalue weighted by atomic mass is 10.1. The molecular weight excluding hydrogens is 272 g/mol. The van der Waals surface area contributed by atoms with Crippen molar-refractivity contribution in [2.45, 2.75) is 27.2 Å². The van der Waals surface area contributed by atoms with Crippen LogP contribution >= 0.6 is 11.3 Å². The molecule has 0 unspecified atom stereocenters. The zero-order valence-electron chi connectivity index (χ0n) is 12.1. The summed E-state index contributed by atoms with van der Waals surface area (Å²) < 4.78 is 4.73. The molecule has 0 spiro atoms. The molecule has 1 N–H and O–H groups in total. The van der Waals surface area contributed by atoms with E-state index in [2.05, 4.69) is 36.3 Å². The lowest BCUT2D eigenvalue weighted by molar-refractivity contribution is 0.0594. The third-order valence-corrected chi connectivity index (χ3v) is 4.03. The summed E-state index contributed by atoms with van der Waals surface area (Å²) in [6.45, 7) is 6.05. The van der Waals surface area contributed by atoms with Gasteiger partial charge in [0.1, 0.15) is 0 Å². The number of hydrogen-bond donors (Lipinski definition) is 1. The summed E-state index contributed by atoms with van der Waals surface area (Å²) in [5.74, 6) is -0.396. The van der Waals surface area contributed by atoms with E-state index >= 15 is 0 Å². The molecule has 0 aliphatic carbocycles. The summed E-state index contributed by atoms with van der Waals surface area (Å²) in [5, 5.41) is 4.05. The van der Waals surface area contributed by atoms with Gasteiger partial charge >= 0.3 is 5.97 Å². The van der Waals surface area contributed by atoms with Crippen LogP contribution in [0, 0.1) is 13.8 Å². The number of hydrogen-bond acceptors (Lipinski definition) is 5. The van der Waals surface area contributed by atoms with E-state index in [1.54, 1.807) is 0 Å². The summed E-state index contributed by atoms with van der Waals surface area (Å²) in [7, 11) is 1.37. The van der Waals surface area contributed by atoms with Crippen LogP contribution in [0.15, 0.2) is 18.2 Å².